The maximum Gasteiger partial charge on any atom is 0.417 e. The Kier molecular flexibility index (Phi) is 8.75. The highest BCUT2D eigenvalue weighted by Crippen LogP contribution is 2.33. The van der Waals surface area contributed by atoms with Gasteiger partial charge in [0.25, 0.3) is 0 Å². The van der Waals surface area contributed by atoms with E-state index >= 15 is 0 Å². The van der Waals surface area contributed by atoms with Crippen molar-refractivity contribution < 1.29 is 23.1 Å². The van der Waals surface area contributed by atoms with Gasteiger partial charge in [-0.1, -0.05) is 19.9 Å². The number of rotatable bonds is 0. The van der Waals surface area contributed by atoms with E-state index in [4.69, 9.17) is 15.6 Å². The third kappa shape index (κ3) is 8.46. The first-order chi connectivity index (χ1) is 13.9. The van der Waals surface area contributed by atoms with Crippen LogP contribution in [0, 0.1) is 28.1 Å². The molecule has 0 bridgehead atoms. The molecular weight excluding hydrogens is 415 g/mol. The Morgan fingerprint density at radius 2 is 1.80 bits per heavy atom. The van der Waals surface area contributed by atoms with Gasteiger partial charge in [0.1, 0.15) is 5.75 Å². The van der Waals surface area contributed by atoms with Crippen LogP contribution >= 0.6 is 12.6 Å². The summed E-state index contributed by atoms with van der Waals surface area (Å²) in [5.74, 6) is -0.318. The fourth-order valence-corrected chi connectivity index (χ4v) is 2.56. The predicted molar refractivity (Wildman–Crippen MR) is 108 cm³/mol. The van der Waals surface area contributed by atoms with Crippen LogP contribution in [0.2, 0.25) is 0 Å². The van der Waals surface area contributed by atoms with Gasteiger partial charge in [0.05, 0.1) is 28.8 Å². The highest BCUT2D eigenvalue weighted by molar-refractivity contribution is 7.80. The van der Waals surface area contributed by atoms with Crippen LogP contribution in [0.15, 0.2) is 47.4 Å². The smallest absolute Gasteiger partial charge is 0.417 e. The lowest BCUT2D eigenvalue weighted by atomic mass is 9.93. The van der Waals surface area contributed by atoms with Gasteiger partial charge in [0.2, 0.25) is 5.91 Å². The second-order valence-electron chi connectivity index (χ2n) is 7.12. The summed E-state index contributed by atoms with van der Waals surface area (Å²) in [5, 5.41) is 28.3. The Bertz CT molecular complexity index is 977. The molecule has 1 amide bonds. The van der Waals surface area contributed by atoms with Gasteiger partial charge in [-0.2, -0.15) is 23.7 Å². The number of halogens is 3. The highest BCUT2D eigenvalue weighted by atomic mass is 32.1. The van der Waals surface area contributed by atoms with E-state index < -0.39 is 23.1 Å². The first kappa shape index (κ1) is 24.9. The van der Waals surface area contributed by atoms with Gasteiger partial charge in [-0.25, -0.2) is 0 Å². The Hall–Kier alpha value is -3.17. The molecule has 1 aliphatic rings. The first-order valence-electron chi connectivity index (χ1n) is 8.64. The van der Waals surface area contributed by atoms with Crippen LogP contribution in [0.3, 0.4) is 0 Å². The van der Waals surface area contributed by atoms with Gasteiger partial charge < -0.3 is 10.4 Å². The number of phenolic OH excluding ortho intramolecular Hbond substituents is 1. The van der Waals surface area contributed by atoms with Crippen molar-refractivity contribution in [3.8, 4) is 17.9 Å². The average Bonchev–Trinajstić information content (AvgIpc) is 2.98. The molecule has 9 heteroatoms. The maximum atomic E-state index is 12.2. The molecule has 0 saturated carbocycles. The van der Waals surface area contributed by atoms with Crippen LogP contribution < -0.4 is 5.32 Å². The van der Waals surface area contributed by atoms with Gasteiger partial charge in [-0.15, -0.1) is 12.6 Å². The molecule has 0 aliphatic carbocycles. The lowest BCUT2D eigenvalue weighted by Gasteiger charge is -2.11. The van der Waals surface area contributed by atoms with E-state index in [0.29, 0.717) is 18.1 Å². The number of phenols is 1. The van der Waals surface area contributed by atoms with E-state index in [-0.39, 0.29) is 11.3 Å². The Labute approximate surface area is 178 Å². The number of carbonyl (C=O) groups is 1. The van der Waals surface area contributed by atoms with Crippen LogP contribution in [0.1, 0.15) is 37.0 Å². The summed E-state index contributed by atoms with van der Waals surface area (Å²) in [4.78, 5) is 11.4. The van der Waals surface area contributed by atoms with Crippen molar-refractivity contribution in [3.05, 3.63) is 59.2 Å². The lowest BCUT2D eigenvalue weighted by molar-refractivity contribution is -0.137. The molecular formula is C21H20F3N3O2S. The molecule has 5 nitrogen and oxygen atoms in total. The highest BCUT2D eigenvalue weighted by Gasteiger charge is 2.33. The molecule has 2 aromatic rings. The number of benzene rings is 2. The van der Waals surface area contributed by atoms with Crippen molar-refractivity contribution in [1.29, 1.82) is 10.5 Å². The zero-order chi connectivity index (χ0) is 22.9. The van der Waals surface area contributed by atoms with Crippen molar-refractivity contribution >= 4 is 18.5 Å². The summed E-state index contributed by atoms with van der Waals surface area (Å²) in [7, 11) is 0. The number of hydrogen-bond acceptors (Lipinski definition) is 5. The normalized spacial score (nSPS) is 14.1. The number of carbonyl (C=O) groups excluding carboxylic acids is 1. The molecule has 30 heavy (non-hydrogen) atoms. The van der Waals surface area contributed by atoms with Gasteiger partial charge >= 0.3 is 6.18 Å². The van der Waals surface area contributed by atoms with Crippen LogP contribution in [0.25, 0.3) is 0 Å². The van der Waals surface area contributed by atoms with E-state index in [1.807, 2.05) is 12.1 Å². The summed E-state index contributed by atoms with van der Waals surface area (Å²) in [6, 6.07) is 13.0. The lowest BCUT2D eigenvalue weighted by Crippen LogP contribution is -2.16. The average molecular weight is 435 g/mol. The van der Waals surface area contributed by atoms with E-state index in [1.54, 1.807) is 18.2 Å². The molecule has 3 rings (SSSR count). The number of thiol groups is 1. The molecule has 1 heterocycles. The summed E-state index contributed by atoms with van der Waals surface area (Å²) in [6.45, 7) is 5.02. The number of nitrogens with one attached hydrogen (secondary N) is 1. The molecule has 2 aromatic carbocycles. The van der Waals surface area contributed by atoms with Crippen molar-refractivity contribution in [2.45, 2.75) is 31.3 Å². The largest absolute Gasteiger partial charge is 0.508 e. The van der Waals surface area contributed by atoms with Crippen molar-refractivity contribution in [2.24, 2.45) is 5.41 Å². The molecule has 158 valence electrons. The minimum atomic E-state index is -4.61. The van der Waals surface area contributed by atoms with Gasteiger partial charge in [-0.3, -0.25) is 4.79 Å². The van der Waals surface area contributed by atoms with Gasteiger partial charge in [-0.05, 0) is 41.8 Å². The van der Waals surface area contributed by atoms with E-state index in [1.165, 1.54) is 6.07 Å². The fraction of sp³-hybridized carbons (Fsp3) is 0.286. The van der Waals surface area contributed by atoms with Crippen LogP contribution in [0.5, 0.6) is 5.75 Å². The van der Waals surface area contributed by atoms with Crippen molar-refractivity contribution in [3.63, 3.8) is 0 Å². The molecule has 0 spiro atoms. The Morgan fingerprint density at radius 3 is 2.17 bits per heavy atom. The Morgan fingerprint density at radius 1 is 1.13 bits per heavy atom. The molecule has 1 fully saturated rings. The van der Waals surface area contributed by atoms with Crippen molar-refractivity contribution in [2.75, 3.05) is 6.54 Å². The number of nitriles is 2. The Balaban J connectivity index is 0.000000234. The topological polar surface area (TPSA) is 96.9 Å². The number of aromatic hydroxyl groups is 1. The molecule has 1 saturated heterocycles. The minimum absolute atomic E-state index is 0.190. The summed E-state index contributed by atoms with van der Waals surface area (Å²) in [5.41, 5.74) is -0.750. The van der Waals surface area contributed by atoms with Gasteiger partial charge in [0, 0.05) is 17.9 Å². The summed E-state index contributed by atoms with van der Waals surface area (Å²) < 4.78 is 36.5. The fourth-order valence-electron chi connectivity index (χ4n) is 2.34. The number of amides is 1. The predicted octanol–water partition coefficient (Wildman–Crippen LogP) is 4.66. The quantitative estimate of drug-likeness (QED) is 0.524. The van der Waals surface area contributed by atoms with Crippen LogP contribution in [-0.2, 0) is 11.0 Å². The SMILES string of the molecule is CC1(C)CNC(=O)C1.N#Cc1ccc(O)cc1C(F)(F)F.N#Cc1cccc(S)c1. The van der Waals surface area contributed by atoms with E-state index in [0.717, 1.165) is 23.6 Å². The third-order valence-electron chi connectivity index (χ3n) is 3.81. The molecule has 0 unspecified atom stereocenters. The molecule has 0 radical (unpaired) electrons. The molecule has 2 N–H and O–H groups in total. The number of alkyl halides is 3. The summed E-state index contributed by atoms with van der Waals surface area (Å²) >= 11 is 4.06. The molecule has 1 aliphatic heterocycles. The maximum absolute atomic E-state index is 12.2. The van der Waals surface area contributed by atoms with Gasteiger partial charge in [0.15, 0.2) is 0 Å². The number of hydrogen-bond donors (Lipinski definition) is 3. The first-order valence-corrected chi connectivity index (χ1v) is 9.09. The standard InChI is InChI=1S/C8H4F3NO.C7H5NS.C6H11NO/c9-8(10,11)7-3-6(13)2-1-5(7)4-12;8-5-6-2-1-3-7(9)4-6;1-6(2)3-5(8)7-4-6/h1-3,13H;1-4,9H;3-4H2,1-2H3,(H,7,8). The monoisotopic (exact) mass is 435 g/mol. The summed E-state index contributed by atoms with van der Waals surface area (Å²) in [6.07, 6.45) is -3.92. The third-order valence-corrected chi connectivity index (χ3v) is 4.09. The zero-order valence-electron chi connectivity index (χ0n) is 16.3. The van der Waals surface area contributed by atoms with Crippen LogP contribution in [-0.4, -0.2) is 17.6 Å². The van der Waals surface area contributed by atoms with Crippen LogP contribution in [0.4, 0.5) is 13.2 Å². The van der Waals surface area contributed by atoms with E-state index in [9.17, 15) is 18.0 Å². The zero-order valence-corrected chi connectivity index (χ0v) is 17.2. The van der Waals surface area contributed by atoms with Crippen molar-refractivity contribution in [1.82, 2.24) is 5.32 Å². The molecule has 0 aromatic heterocycles. The second kappa shape index (κ2) is 10.6. The minimum Gasteiger partial charge on any atom is -0.508 e. The number of nitrogens with zero attached hydrogens (tertiary/aromatic N) is 2. The van der Waals surface area contributed by atoms with E-state index in [2.05, 4.69) is 31.8 Å². The molecule has 0 atom stereocenters. The second-order valence-corrected chi connectivity index (χ2v) is 7.64.